The standard InChI is InChI=1S/C15H18N2O/c1-12(18)14-5-3-4-6-15(14)17(2)11-13-7-9-16-10-8-13/h3-10,12,18H,11H2,1-2H3/t12-/m1/s1. The van der Waals surface area contributed by atoms with E-state index in [9.17, 15) is 5.11 Å². The Morgan fingerprint density at radius 3 is 2.50 bits per heavy atom. The van der Waals surface area contributed by atoms with Gasteiger partial charge in [0, 0.05) is 37.2 Å². The van der Waals surface area contributed by atoms with Gasteiger partial charge in [0.2, 0.25) is 0 Å². The average molecular weight is 242 g/mol. The van der Waals surface area contributed by atoms with Gasteiger partial charge in [-0.3, -0.25) is 4.98 Å². The summed E-state index contributed by atoms with van der Waals surface area (Å²) in [5.41, 5.74) is 3.21. The molecular weight excluding hydrogens is 224 g/mol. The van der Waals surface area contributed by atoms with Crippen LogP contribution in [0.5, 0.6) is 0 Å². The van der Waals surface area contributed by atoms with Gasteiger partial charge < -0.3 is 10.0 Å². The fourth-order valence-electron chi connectivity index (χ4n) is 2.04. The van der Waals surface area contributed by atoms with Gasteiger partial charge in [0.15, 0.2) is 0 Å². The Morgan fingerprint density at radius 2 is 1.83 bits per heavy atom. The summed E-state index contributed by atoms with van der Waals surface area (Å²) in [6.07, 6.45) is 3.13. The number of hydrogen-bond donors (Lipinski definition) is 1. The molecule has 0 amide bonds. The molecule has 3 heteroatoms. The molecule has 2 rings (SSSR count). The van der Waals surface area contributed by atoms with Crippen LogP contribution in [0.2, 0.25) is 0 Å². The van der Waals surface area contributed by atoms with E-state index >= 15 is 0 Å². The van der Waals surface area contributed by atoms with Gasteiger partial charge in [0.05, 0.1) is 6.10 Å². The molecule has 0 radical (unpaired) electrons. The largest absolute Gasteiger partial charge is 0.389 e. The van der Waals surface area contributed by atoms with Crippen molar-refractivity contribution >= 4 is 5.69 Å². The maximum atomic E-state index is 9.78. The van der Waals surface area contributed by atoms with Crippen molar-refractivity contribution < 1.29 is 5.11 Å². The van der Waals surface area contributed by atoms with Crippen molar-refractivity contribution in [2.24, 2.45) is 0 Å². The SMILES string of the molecule is C[C@@H](O)c1ccccc1N(C)Cc1ccncc1. The highest BCUT2D eigenvalue weighted by molar-refractivity contribution is 5.54. The molecule has 0 saturated carbocycles. The summed E-state index contributed by atoms with van der Waals surface area (Å²) < 4.78 is 0. The molecular formula is C15H18N2O. The zero-order valence-corrected chi connectivity index (χ0v) is 10.7. The number of rotatable bonds is 4. The van der Waals surface area contributed by atoms with Gasteiger partial charge in [-0.05, 0) is 30.7 Å². The molecule has 94 valence electrons. The number of aliphatic hydroxyl groups is 1. The Kier molecular flexibility index (Phi) is 3.95. The molecule has 0 fully saturated rings. The third-order valence-corrected chi connectivity index (χ3v) is 2.97. The lowest BCUT2D eigenvalue weighted by Gasteiger charge is -2.23. The molecule has 0 spiro atoms. The number of aromatic nitrogens is 1. The fraction of sp³-hybridized carbons (Fsp3) is 0.267. The van der Waals surface area contributed by atoms with E-state index in [1.165, 1.54) is 5.56 Å². The zero-order valence-electron chi connectivity index (χ0n) is 10.7. The summed E-state index contributed by atoms with van der Waals surface area (Å²) in [5, 5.41) is 9.78. The van der Waals surface area contributed by atoms with Crippen LogP contribution in [-0.4, -0.2) is 17.1 Å². The topological polar surface area (TPSA) is 36.4 Å². The molecule has 1 aromatic carbocycles. The number of pyridine rings is 1. The monoisotopic (exact) mass is 242 g/mol. The normalized spacial score (nSPS) is 12.2. The Labute approximate surface area is 108 Å². The number of aliphatic hydroxyl groups excluding tert-OH is 1. The molecule has 0 aliphatic carbocycles. The molecule has 1 heterocycles. The van der Waals surface area contributed by atoms with Gasteiger partial charge in [-0.25, -0.2) is 0 Å². The maximum Gasteiger partial charge on any atom is 0.0781 e. The molecule has 3 nitrogen and oxygen atoms in total. The Morgan fingerprint density at radius 1 is 1.17 bits per heavy atom. The van der Waals surface area contributed by atoms with E-state index in [1.807, 2.05) is 43.4 Å². The van der Waals surface area contributed by atoms with E-state index in [1.54, 1.807) is 19.3 Å². The number of nitrogens with zero attached hydrogens (tertiary/aromatic N) is 2. The van der Waals surface area contributed by atoms with Gasteiger partial charge >= 0.3 is 0 Å². The summed E-state index contributed by atoms with van der Waals surface area (Å²) in [4.78, 5) is 6.15. The smallest absolute Gasteiger partial charge is 0.0781 e. The lowest BCUT2D eigenvalue weighted by molar-refractivity contribution is 0.199. The van der Waals surface area contributed by atoms with Crippen LogP contribution in [0, 0.1) is 0 Å². The highest BCUT2D eigenvalue weighted by Crippen LogP contribution is 2.26. The lowest BCUT2D eigenvalue weighted by Crippen LogP contribution is -2.18. The first-order chi connectivity index (χ1) is 8.68. The third-order valence-electron chi connectivity index (χ3n) is 2.97. The molecule has 1 aromatic heterocycles. The van der Waals surface area contributed by atoms with Crippen LogP contribution in [0.1, 0.15) is 24.2 Å². The number of anilines is 1. The second-order valence-corrected chi connectivity index (χ2v) is 4.45. The third kappa shape index (κ3) is 2.87. The van der Waals surface area contributed by atoms with Crippen LogP contribution >= 0.6 is 0 Å². The minimum atomic E-state index is -0.457. The van der Waals surface area contributed by atoms with Gasteiger partial charge in [-0.1, -0.05) is 18.2 Å². The number of para-hydroxylation sites is 1. The van der Waals surface area contributed by atoms with Gasteiger partial charge in [0.25, 0.3) is 0 Å². The van der Waals surface area contributed by atoms with Crippen molar-refractivity contribution in [3.05, 3.63) is 59.9 Å². The fourth-order valence-corrected chi connectivity index (χ4v) is 2.04. The van der Waals surface area contributed by atoms with Crippen molar-refractivity contribution in [3.63, 3.8) is 0 Å². The first-order valence-corrected chi connectivity index (χ1v) is 6.05. The number of hydrogen-bond acceptors (Lipinski definition) is 3. The quantitative estimate of drug-likeness (QED) is 0.895. The summed E-state index contributed by atoms with van der Waals surface area (Å²) in [6.45, 7) is 2.59. The van der Waals surface area contributed by atoms with Gasteiger partial charge in [-0.2, -0.15) is 0 Å². The molecule has 18 heavy (non-hydrogen) atoms. The second kappa shape index (κ2) is 5.65. The molecule has 0 saturated heterocycles. The predicted molar refractivity (Wildman–Crippen MR) is 73.4 cm³/mol. The van der Waals surface area contributed by atoms with Gasteiger partial charge in [-0.15, -0.1) is 0 Å². The van der Waals surface area contributed by atoms with Crippen molar-refractivity contribution in [2.75, 3.05) is 11.9 Å². The van der Waals surface area contributed by atoms with Crippen molar-refractivity contribution in [1.82, 2.24) is 4.98 Å². The molecule has 0 unspecified atom stereocenters. The van der Waals surface area contributed by atoms with Crippen molar-refractivity contribution in [3.8, 4) is 0 Å². The Bertz CT molecular complexity index is 497. The summed E-state index contributed by atoms with van der Waals surface area (Å²) in [5.74, 6) is 0. The minimum Gasteiger partial charge on any atom is -0.389 e. The van der Waals surface area contributed by atoms with Crippen molar-refractivity contribution in [2.45, 2.75) is 19.6 Å². The molecule has 0 bridgehead atoms. The number of benzene rings is 1. The van der Waals surface area contributed by atoms with E-state index in [2.05, 4.69) is 9.88 Å². The van der Waals surface area contributed by atoms with Crippen LogP contribution in [0.25, 0.3) is 0 Å². The van der Waals surface area contributed by atoms with E-state index in [0.29, 0.717) is 0 Å². The van der Waals surface area contributed by atoms with E-state index in [-0.39, 0.29) is 0 Å². The first-order valence-electron chi connectivity index (χ1n) is 6.05. The summed E-state index contributed by atoms with van der Waals surface area (Å²) in [7, 11) is 2.03. The predicted octanol–water partition coefficient (Wildman–Crippen LogP) is 2.77. The Balaban J connectivity index is 2.21. The van der Waals surface area contributed by atoms with E-state index in [0.717, 1.165) is 17.8 Å². The van der Waals surface area contributed by atoms with Crippen molar-refractivity contribution in [1.29, 1.82) is 0 Å². The van der Waals surface area contributed by atoms with Crippen LogP contribution in [0.15, 0.2) is 48.8 Å². The average Bonchev–Trinajstić information content (AvgIpc) is 2.40. The van der Waals surface area contributed by atoms with Gasteiger partial charge in [0.1, 0.15) is 0 Å². The molecule has 1 atom stereocenters. The summed E-state index contributed by atoms with van der Waals surface area (Å²) >= 11 is 0. The minimum absolute atomic E-state index is 0.457. The molecule has 2 aromatic rings. The Hall–Kier alpha value is -1.87. The van der Waals surface area contributed by atoms with Crippen LogP contribution in [0.3, 0.4) is 0 Å². The zero-order chi connectivity index (χ0) is 13.0. The highest BCUT2D eigenvalue weighted by Gasteiger charge is 2.10. The molecule has 1 N–H and O–H groups in total. The molecule has 0 aliphatic rings. The van der Waals surface area contributed by atoms with Crippen LogP contribution < -0.4 is 4.90 Å². The lowest BCUT2D eigenvalue weighted by atomic mass is 10.1. The van der Waals surface area contributed by atoms with Crippen LogP contribution in [-0.2, 0) is 6.54 Å². The summed E-state index contributed by atoms with van der Waals surface area (Å²) in [6, 6.07) is 11.9. The maximum absolute atomic E-state index is 9.78. The first kappa shape index (κ1) is 12.6. The van der Waals surface area contributed by atoms with E-state index in [4.69, 9.17) is 0 Å². The highest BCUT2D eigenvalue weighted by atomic mass is 16.3. The van der Waals surface area contributed by atoms with E-state index < -0.39 is 6.10 Å². The van der Waals surface area contributed by atoms with Crippen LogP contribution in [0.4, 0.5) is 5.69 Å². The molecule has 0 aliphatic heterocycles. The second-order valence-electron chi connectivity index (χ2n) is 4.45.